The first-order valence-electron chi connectivity index (χ1n) is 8.50. The molecule has 3 aromatic rings. The molecule has 0 saturated heterocycles. The quantitative estimate of drug-likeness (QED) is 0.659. The number of nitrogen functional groups attached to an aromatic ring is 1. The third-order valence-corrected chi connectivity index (χ3v) is 4.80. The molecule has 1 heterocycles. The summed E-state index contributed by atoms with van der Waals surface area (Å²) in [6.45, 7) is 0. The van der Waals surface area contributed by atoms with Gasteiger partial charge in [-0.1, -0.05) is 54.6 Å². The van der Waals surface area contributed by atoms with Gasteiger partial charge in [0.1, 0.15) is 0 Å². The van der Waals surface area contributed by atoms with Crippen LogP contribution in [0.5, 0.6) is 0 Å². The molecule has 1 amide bonds. The summed E-state index contributed by atoms with van der Waals surface area (Å²) < 4.78 is 0. The molecule has 0 atom stereocenters. The van der Waals surface area contributed by atoms with Crippen LogP contribution in [0.1, 0.15) is 18.4 Å². The summed E-state index contributed by atoms with van der Waals surface area (Å²) in [5.74, 6) is 0. The summed E-state index contributed by atoms with van der Waals surface area (Å²) in [5, 5.41) is 11.7. The SMILES string of the molecule is Nc1cnc(-c2ccc(C3(NC(=O)O)CC3)cc2)c(-c2ccccc2)c1. The number of aromatic nitrogens is 1. The van der Waals surface area contributed by atoms with Crippen molar-refractivity contribution in [1.29, 1.82) is 0 Å². The molecule has 1 saturated carbocycles. The van der Waals surface area contributed by atoms with Gasteiger partial charge in [0.15, 0.2) is 0 Å². The van der Waals surface area contributed by atoms with E-state index in [0.717, 1.165) is 40.8 Å². The Morgan fingerprint density at radius 2 is 1.73 bits per heavy atom. The van der Waals surface area contributed by atoms with Gasteiger partial charge >= 0.3 is 6.09 Å². The first-order valence-corrected chi connectivity index (χ1v) is 8.50. The van der Waals surface area contributed by atoms with Crippen molar-refractivity contribution in [2.24, 2.45) is 0 Å². The number of nitrogens with two attached hydrogens (primary N) is 1. The zero-order valence-electron chi connectivity index (χ0n) is 14.1. The minimum Gasteiger partial charge on any atom is -0.465 e. The molecule has 1 aromatic heterocycles. The standard InChI is InChI=1S/C21H19N3O2/c22-17-12-18(14-4-2-1-3-5-14)19(23-13-17)15-6-8-16(9-7-15)21(10-11-21)24-20(25)26/h1-9,12-13,24H,10-11,22H2,(H,25,26). The number of pyridine rings is 1. The van der Waals surface area contributed by atoms with E-state index in [1.54, 1.807) is 6.20 Å². The highest BCUT2D eigenvalue weighted by Gasteiger charge is 2.45. The smallest absolute Gasteiger partial charge is 0.405 e. The molecule has 0 aliphatic heterocycles. The predicted molar refractivity (Wildman–Crippen MR) is 102 cm³/mol. The number of carbonyl (C=O) groups is 1. The van der Waals surface area contributed by atoms with E-state index in [1.807, 2.05) is 60.7 Å². The fraction of sp³-hybridized carbons (Fsp3) is 0.143. The van der Waals surface area contributed by atoms with Gasteiger partial charge in [-0.2, -0.15) is 0 Å². The number of benzene rings is 2. The molecule has 1 aliphatic rings. The van der Waals surface area contributed by atoms with Crippen molar-refractivity contribution in [1.82, 2.24) is 10.3 Å². The minimum absolute atomic E-state index is 0.429. The second kappa shape index (κ2) is 6.19. The Balaban J connectivity index is 1.72. The van der Waals surface area contributed by atoms with Gasteiger partial charge < -0.3 is 16.2 Å². The maximum absolute atomic E-state index is 11.0. The Morgan fingerprint density at radius 3 is 2.35 bits per heavy atom. The lowest BCUT2D eigenvalue weighted by Gasteiger charge is -2.16. The van der Waals surface area contributed by atoms with Gasteiger partial charge in [0.05, 0.1) is 23.1 Å². The molecule has 0 radical (unpaired) electrons. The van der Waals surface area contributed by atoms with Crippen molar-refractivity contribution in [2.45, 2.75) is 18.4 Å². The predicted octanol–water partition coefficient (Wildman–Crippen LogP) is 4.25. The molecule has 2 aromatic carbocycles. The number of hydrogen-bond donors (Lipinski definition) is 3. The Morgan fingerprint density at radius 1 is 1.04 bits per heavy atom. The van der Waals surface area contributed by atoms with Crippen LogP contribution < -0.4 is 11.1 Å². The van der Waals surface area contributed by atoms with Crippen LogP contribution in [0.15, 0.2) is 66.9 Å². The highest BCUT2D eigenvalue weighted by atomic mass is 16.4. The van der Waals surface area contributed by atoms with E-state index >= 15 is 0 Å². The van der Waals surface area contributed by atoms with Crippen LogP contribution >= 0.6 is 0 Å². The highest BCUT2D eigenvalue weighted by molar-refractivity contribution is 5.82. The Labute approximate surface area is 151 Å². The molecular formula is C21H19N3O2. The molecule has 0 bridgehead atoms. The molecule has 0 spiro atoms. The number of amides is 1. The topological polar surface area (TPSA) is 88.2 Å². The van der Waals surface area contributed by atoms with Crippen LogP contribution in [0.25, 0.3) is 22.4 Å². The zero-order valence-corrected chi connectivity index (χ0v) is 14.1. The lowest BCUT2D eigenvalue weighted by molar-refractivity contribution is 0.188. The number of nitrogens with zero attached hydrogens (tertiary/aromatic N) is 1. The summed E-state index contributed by atoms with van der Waals surface area (Å²) in [7, 11) is 0. The van der Waals surface area contributed by atoms with E-state index in [9.17, 15) is 4.79 Å². The van der Waals surface area contributed by atoms with Gasteiger partial charge in [0.2, 0.25) is 0 Å². The number of nitrogens with one attached hydrogen (secondary N) is 1. The van der Waals surface area contributed by atoms with Gasteiger partial charge in [-0.05, 0) is 30.0 Å². The molecule has 0 unspecified atom stereocenters. The van der Waals surface area contributed by atoms with Gasteiger partial charge in [0.25, 0.3) is 0 Å². The van der Waals surface area contributed by atoms with Crippen molar-refractivity contribution in [3.05, 3.63) is 72.4 Å². The lowest BCUT2D eigenvalue weighted by Crippen LogP contribution is -2.33. The van der Waals surface area contributed by atoms with Crippen LogP contribution in [0.2, 0.25) is 0 Å². The molecule has 4 rings (SSSR count). The first-order chi connectivity index (χ1) is 12.6. The molecule has 130 valence electrons. The number of carboxylic acid groups (broad SMARTS) is 1. The van der Waals surface area contributed by atoms with Gasteiger partial charge in [-0.3, -0.25) is 4.98 Å². The van der Waals surface area contributed by atoms with Crippen LogP contribution in [-0.4, -0.2) is 16.2 Å². The molecule has 1 fully saturated rings. The van der Waals surface area contributed by atoms with Crippen LogP contribution in [0, 0.1) is 0 Å². The maximum atomic E-state index is 11.0. The summed E-state index contributed by atoms with van der Waals surface area (Å²) in [6.07, 6.45) is 2.32. The van der Waals surface area contributed by atoms with Crippen LogP contribution in [-0.2, 0) is 5.54 Å². The Hall–Kier alpha value is -3.34. The monoisotopic (exact) mass is 345 g/mol. The largest absolute Gasteiger partial charge is 0.465 e. The number of rotatable bonds is 4. The van der Waals surface area contributed by atoms with E-state index in [4.69, 9.17) is 10.8 Å². The van der Waals surface area contributed by atoms with Crippen molar-refractivity contribution < 1.29 is 9.90 Å². The Bertz CT molecular complexity index is 949. The summed E-state index contributed by atoms with van der Waals surface area (Å²) in [5.41, 5.74) is 11.0. The van der Waals surface area contributed by atoms with Gasteiger partial charge in [0, 0.05) is 11.1 Å². The number of hydrogen-bond acceptors (Lipinski definition) is 3. The summed E-state index contributed by atoms with van der Waals surface area (Å²) >= 11 is 0. The van der Waals surface area contributed by atoms with E-state index in [-0.39, 0.29) is 0 Å². The average Bonchev–Trinajstić information content (AvgIpc) is 3.42. The second-order valence-corrected chi connectivity index (χ2v) is 6.62. The molecule has 1 aliphatic carbocycles. The average molecular weight is 345 g/mol. The minimum atomic E-state index is -0.988. The lowest BCUT2D eigenvalue weighted by atomic mass is 9.96. The normalized spacial score (nSPS) is 14.6. The zero-order chi connectivity index (χ0) is 18.1. The Kier molecular flexibility index (Phi) is 3.84. The van der Waals surface area contributed by atoms with Crippen LogP contribution in [0.3, 0.4) is 0 Å². The highest BCUT2D eigenvalue weighted by Crippen LogP contribution is 2.46. The third kappa shape index (κ3) is 2.99. The summed E-state index contributed by atoms with van der Waals surface area (Å²) in [6, 6.07) is 19.9. The summed E-state index contributed by atoms with van der Waals surface area (Å²) in [4.78, 5) is 15.6. The molecular weight excluding hydrogens is 326 g/mol. The van der Waals surface area contributed by atoms with E-state index in [2.05, 4.69) is 10.3 Å². The fourth-order valence-electron chi connectivity index (χ4n) is 3.31. The molecule has 5 heteroatoms. The fourth-order valence-corrected chi connectivity index (χ4v) is 3.31. The van der Waals surface area contributed by atoms with E-state index in [0.29, 0.717) is 5.69 Å². The molecule has 4 N–H and O–H groups in total. The van der Waals surface area contributed by atoms with E-state index in [1.165, 1.54) is 0 Å². The second-order valence-electron chi connectivity index (χ2n) is 6.62. The van der Waals surface area contributed by atoms with Crippen molar-refractivity contribution >= 4 is 11.8 Å². The van der Waals surface area contributed by atoms with Crippen molar-refractivity contribution in [2.75, 3.05) is 5.73 Å². The van der Waals surface area contributed by atoms with Gasteiger partial charge in [-0.15, -0.1) is 0 Å². The number of anilines is 1. The van der Waals surface area contributed by atoms with E-state index < -0.39 is 11.6 Å². The third-order valence-electron chi connectivity index (χ3n) is 4.80. The van der Waals surface area contributed by atoms with Crippen molar-refractivity contribution in [3.8, 4) is 22.4 Å². The van der Waals surface area contributed by atoms with Gasteiger partial charge in [-0.25, -0.2) is 4.79 Å². The maximum Gasteiger partial charge on any atom is 0.405 e. The molecule has 26 heavy (non-hydrogen) atoms. The first kappa shape index (κ1) is 16.1. The molecule has 5 nitrogen and oxygen atoms in total. The van der Waals surface area contributed by atoms with Crippen molar-refractivity contribution in [3.63, 3.8) is 0 Å². The van der Waals surface area contributed by atoms with Crippen LogP contribution in [0.4, 0.5) is 10.5 Å².